The van der Waals surface area contributed by atoms with Gasteiger partial charge in [-0.05, 0) is 94.5 Å². The van der Waals surface area contributed by atoms with Gasteiger partial charge in [-0.2, -0.15) is 0 Å². The largest absolute Gasteiger partial charge is 0.449 e. The summed E-state index contributed by atoms with van der Waals surface area (Å²) in [5.74, 6) is 3.57. The second-order valence-corrected chi connectivity index (χ2v) is 16.2. The Kier molecular flexibility index (Phi) is 7.51. The Labute approximate surface area is 347 Å². The van der Waals surface area contributed by atoms with E-state index in [0.717, 1.165) is 62.0 Å². The number of hydrogen-bond donors (Lipinski definition) is 0. The second kappa shape index (κ2) is 13.1. The van der Waals surface area contributed by atoms with E-state index in [2.05, 4.69) is 176 Å². The maximum Gasteiger partial charge on any atom is 0.178 e. The summed E-state index contributed by atoms with van der Waals surface area (Å²) in [5.41, 5.74) is 14.9. The molecule has 0 spiro atoms. The molecular formula is C55H37N3O2. The number of rotatable bonds is 5. The van der Waals surface area contributed by atoms with Gasteiger partial charge in [0.25, 0.3) is 0 Å². The van der Waals surface area contributed by atoms with Gasteiger partial charge in [0.2, 0.25) is 0 Å². The molecule has 0 saturated carbocycles. The van der Waals surface area contributed by atoms with Crippen molar-refractivity contribution in [3.8, 4) is 84.8 Å². The monoisotopic (exact) mass is 771 g/mol. The quantitative estimate of drug-likeness (QED) is 0.175. The molecule has 0 amide bonds. The van der Waals surface area contributed by atoms with Crippen LogP contribution in [0.15, 0.2) is 188 Å². The predicted octanol–water partition coefficient (Wildman–Crippen LogP) is 14.4. The molecule has 0 unspecified atom stereocenters. The summed E-state index contributed by atoms with van der Waals surface area (Å²) >= 11 is 0. The summed E-state index contributed by atoms with van der Waals surface area (Å²) in [6.45, 7) is 4.56. The molecule has 0 atom stereocenters. The molecule has 0 fully saturated rings. The summed E-state index contributed by atoms with van der Waals surface area (Å²) in [6, 6.07) is 65.7. The number of aromatic nitrogens is 3. The van der Waals surface area contributed by atoms with Gasteiger partial charge in [-0.25, -0.2) is 9.97 Å². The Bertz CT molecular complexity index is 3290. The van der Waals surface area contributed by atoms with Gasteiger partial charge in [-0.3, -0.25) is 0 Å². The molecule has 2 aliphatic rings. The van der Waals surface area contributed by atoms with E-state index in [-0.39, 0.29) is 5.41 Å². The van der Waals surface area contributed by atoms with Crippen molar-refractivity contribution in [2.45, 2.75) is 19.3 Å². The number of hydrogen-bond acceptors (Lipinski definition) is 4. The van der Waals surface area contributed by atoms with E-state index in [4.69, 9.17) is 19.4 Å². The Balaban J connectivity index is 0.915. The third kappa shape index (κ3) is 5.33. The van der Waals surface area contributed by atoms with Gasteiger partial charge >= 0.3 is 0 Å². The van der Waals surface area contributed by atoms with Crippen molar-refractivity contribution in [3.05, 3.63) is 199 Å². The van der Waals surface area contributed by atoms with Crippen molar-refractivity contribution >= 4 is 21.8 Å². The van der Waals surface area contributed by atoms with Crippen LogP contribution in [0, 0.1) is 0 Å². The van der Waals surface area contributed by atoms with Gasteiger partial charge in [-0.1, -0.05) is 135 Å². The minimum atomic E-state index is -0.134. The number of para-hydroxylation sites is 2. The zero-order chi connectivity index (χ0) is 40.0. The standard InChI is InChI=1S/C55H37N3O2/c1-55(2)43-20-9-6-19-42(43)52-44(55)28-30-50-53(52)60-51-32-37(25-29-49(51)59-50)36-15-12-16-38(31-36)46-33-45(34-13-4-3-5-14-34)56-54(57-46)35-23-26-39(27-24-35)58-47-21-10-7-17-40(47)41-18-8-11-22-48(41)58/h3-33H,1-2H3. The van der Waals surface area contributed by atoms with Crippen molar-refractivity contribution in [1.29, 1.82) is 0 Å². The lowest BCUT2D eigenvalue weighted by molar-refractivity contribution is 0.360. The Hall–Kier alpha value is -7.76. The molecule has 284 valence electrons. The van der Waals surface area contributed by atoms with Gasteiger partial charge in [0.05, 0.1) is 22.4 Å². The molecule has 5 heteroatoms. The molecule has 0 saturated heterocycles. The zero-order valence-corrected chi connectivity index (χ0v) is 33.1. The molecule has 0 radical (unpaired) electrons. The van der Waals surface area contributed by atoms with Crippen LogP contribution in [0.1, 0.15) is 25.0 Å². The van der Waals surface area contributed by atoms with Crippen LogP contribution in [0.2, 0.25) is 0 Å². The SMILES string of the molecule is CC1(C)c2ccccc2-c2c1ccc1c2Oc2cc(-c3cccc(-c4cc(-c5ccccc5)nc(-c5ccc(-n6c7ccccc7c7ccccc76)cc5)n4)c3)ccc2O1. The molecule has 12 rings (SSSR count). The summed E-state index contributed by atoms with van der Waals surface area (Å²) in [5, 5.41) is 2.48. The fourth-order valence-corrected chi connectivity index (χ4v) is 9.30. The number of fused-ring (bicyclic) bond motifs is 9. The summed E-state index contributed by atoms with van der Waals surface area (Å²) in [6.07, 6.45) is 0. The average Bonchev–Trinajstić information content (AvgIpc) is 3.77. The maximum absolute atomic E-state index is 6.80. The van der Waals surface area contributed by atoms with Crippen LogP contribution in [-0.2, 0) is 5.41 Å². The highest BCUT2D eigenvalue weighted by Gasteiger charge is 2.39. The third-order valence-corrected chi connectivity index (χ3v) is 12.3. The Morgan fingerprint density at radius 3 is 1.83 bits per heavy atom. The van der Waals surface area contributed by atoms with Gasteiger partial charge in [-0.15, -0.1) is 0 Å². The second-order valence-electron chi connectivity index (χ2n) is 16.2. The number of ether oxygens (including phenoxy) is 2. The highest BCUT2D eigenvalue weighted by atomic mass is 16.6. The van der Waals surface area contributed by atoms with E-state index in [1.165, 1.54) is 38.5 Å². The summed E-state index contributed by atoms with van der Waals surface area (Å²) in [7, 11) is 0. The minimum absolute atomic E-state index is 0.134. The maximum atomic E-state index is 6.80. The normalized spacial score (nSPS) is 13.2. The molecular weight excluding hydrogens is 735 g/mol. The van der Waals surface area contributed by atoms with Crippen LogP contribution in [0.4, 0.5) is 0 Å². The molecule has 2 aromatic heterocycles. The van der Waals surface area contributed by atoms with E-state index in [9.17, 15) is 0 Å². The van der Waals surface area contributed by atoms with Crippen LogP contribution in [0.3, 0.4) is 0 Å². The fourth-order valence-electron chi connectivity index (χ4n) is 9.30. The summed E-state index contributed by atoms with van der Waals surface area (Å²) in [4.78, 5) is 10.4. The molecule has 0 N–H and O–H groups in total. The van der Waals surface area contributed by atoms with Crippen LogP contribution in [0.25, 0.3) is 83.6 Å². The van der Waals surface area contributed by atoms with Gasteiger partial charge in [0.15, 0.2) is 28.8 Å². The van der Waals surface area contributed by atoms with Crippen molar-refractivity contribution in [1.82, 2.24) is 14.5 Å². The number of benzene rings is 8. The first-order valence-corrected chi connectivity index (χ1v) is 20.4. The smallest absolute Gasteiger partial charge is 0.178 e. The van der Waals surface area contributed by atoms with E-state index < -0.39 is 0 Å². The highest BCUT2D eigenvalue weighted by Crippen LogP contribution is 2.58. The molecule has 1 aliphatic carbocycles. The molecule has 3 heterocycles. The molecule has 10 aromatic rings. The fraction of sp³-hybridized carbons (Fsp3) is 0.0545. The number of nitrogens with zero attached hydrogens (tertiary/aromatic N) is 3. The minimum Gasteiger partial charge on any atom is -0.449 e. The van der Waals surface area contributed by atoms with Gasteiger partial charge in [0, 0.05) is 44.1 Å². The van der Waals surface area contributed by atoms with E-state index in [1.54, 1.807) is 0 Å². The van der Waals surface area contributed by atoms with Crippen molar-refractivity contribution < 1.29 is 9.47 Å². The van der Waals surface area contributed by atoms with Gasteiger partial charge < -0.3 is 14.0 Å². The van der Waals surface area contributed by atoms with E-state index in [1.807, 2.05) is 30.3 Å². The lowest BCUT2D eigenvalue weighted by Crippen LogP contribution is -2.15. The van der Waals surface area contributed by atoms with Gasteiger partial charge in [0.1, 0.15) is 0 Å². The average molecular weight is 772 g/mol. The van der Waals surface area contributed by atoms with Crippen LogP contribution in [-0.4, -0.2) is 14.5 Å². The van der Waals surface area contributed by atoms with Crippen LogP contribution in [0.5, 0.6) is 23.0 Å². The lowest BCUT2D eigenvalue weighted by atomic mass is 9.82. The Morgan fingerprint density at radius 2 is 1.05 bits per heavy atom. The highest BCUT2D eigenvalue weighted by molar-refractivity contribution is 6.09. The molecule has 5 nitrogen and oxygen atoms in total. The van der Waals surface area contributed by atoms with Crippen molar-refractivity contribution in [2.75, 3.05) is 0 Å². The topological polar surface area (TPSA) is 49.2 Å². The van der Waals surface area contributed by atoms with Crippen molar-refractivity contribution in [2.24, 2.45) is 0 Å². The molecule has 8 aromatic carbocycles. The first kappa shape index (κ1) is 34.3. The third-order valence-electron chi connectivity index (χ3n) is 12.3. The zero-order valence-electron chi connectivity index (χ0n) is 33.1. The Morgan fingerprint density at radius 1 is 0.433 bits per heavy atom. The molecule has 60 heavy (non-hydrogen) atoms. The molecule has 1 aliphatic heterocycles. The van der Waals surface area contributed by atoms with Crippen molar-refractivity contribution in [3.63, 3.8) is 0 Å². The predicted molar refractivity (Wildman–Crippen MR) is 242 cm³/mol. The van der Waals surface area contributed by atoms with E-state index >= 15 is 0 Å². The van der Waals surface area contributed by atoms with E-state index in [0.29, 0.717) is 17.3 Å². The lowest BCUT2D eigenvalue weighted by Gasteiger charge is -2.25. The summed E-state index contributed by atoms with van der Waals surface area (Å²) < 4.78 is 15.6. The first-order valence-electron chi connectivity index (χ1n) is 20.4. The molecule has 0 bridgehead atoms. The van der Waals surface area contributed by atoms with Crippen LogP contribution >= 0.6 is 0 Å². The first-order chi connectivity index (χ1) is 29.5. The van der Waals surface area contributed by atoms with Crippen LogP contribution < -0.4 is 9.47 Å².